The number of benzene rings is 2. The van der Waals surface area contributed by atoms with Crippen molar-refractivity contribution in [3.8, 4) is 11.5 Å². The molecule has 2 aromatic carbocycles. The third kappa shape index (κ3) is 7.17. The van der Waals surface area contributed by atoms with E-state index in [1.165, 1.54) is 6.21 Å². The molecule has 0 spiro atoms. The predicted octanol–water partition coefficient (Wildman–Crippen LogP) is 3.90. The molecular formula is C21H23ClIN3O4. The smallest absolute Gasteiger partial charge is 0.329 e. The Morgan fingerprint density at radius 3 is 2.57 bits per heavy atom. The summed E-state index contributed by atoms with van der Waals surface area (Å²) in [4.78, 5) is 23.5. The van der Waals surface area contributed by atoms with Crippen molar-refractivity contribution in [2.45, 2.75) is 32.9 Å². The molecule has 0 saturated heterocycles. The van der Waals surface area contributed by atoms with E-state index in [4.69, 9.17) is 21.1 Å². The Morgan fingerprint density at radius 1 is 1.23 bits per heavy atom. The summed E-state index contributed by atoms with van der Waals surface area (Å²) in [6.07, 6.45) is 2.16. The Kier molecular flexibility index (Phi) is 9.38. The van der Waals surface area contributed by atoms with Crippen LogP contribution in [0, 0.1) is 3.57 Å². The zero-order valence-electron chi connectivity index (χ0n) is 16.9. The van der Waals surface area contributed by atoms with Crippen molar-refractivity contribution in [2.75, 3.05) is 7.11 Å². The Balaban J connectivity index is 2.03. The summed E-state index contributed by atoms with van der Waals surface area (Å²) in [5.74, 6) is -0.420. The quantitative estimate of drug-likeness (QED) is 0.229. The average molecular weight is 544 g/mol. The van der Waals surface area contributed by atoms with Gasteiger partial charge in [-0.3, -0.25) is 9.59 Å². The van der Waals surface area contributed by atoms with Gasteiger partial charge in [0, 0.05) is 11.1 Å². The van der Waals surface area contributed by atoms with Crippen LogP contribution in [0.1, 0.15) is 31.4 Å². The number of hydrogen-bond donors (Lipinski definition) is 2. The standard InChI is InChI=1S/C21H23ClIN3O4/c1-4-13(2)25-20(27)21(28)26-24-11-15-9-17(23)19(18(10-15)29-3)30-12-14-5-7-16(22)8-6-14/h5-11,13H,4,12H2,1-3H3,(H,25,27)(H,26,28)/b24-11-/t13-/m0/s1. The first-order chi connectivity index (χ1) is 14.3. The van der Waals surface area contributed by atoms with Gasteiger partial charge in [0.25, 0.3) is 0 Å². The number of rotatable bonds is 8. The fraction of sp³-hybridized carbons (Fsp3) is 0.286. The van der Waals surface area contributed by atoms with Crippen LogP contribution in [0.15, 0.2) is 41.5 Å². The van der Waals surface area contributed by atoms with Crippen molar-refractivity contribution in [1.29, 1.82) is 0 Å². The molecule has 0 aromatic heterocycles. The Bertz CT molecular complexity index is 919. The van der Waals surface area contributed by atoms with Gasteiger partial charge in [-0.25, -0.2) is 5.43 Å². The molecule has 0 fully saturated rings. The first kappa shape index (κ1) is 23.9. The molecule has 2 N–H and O–H groups in total. The number of methoxy groups -OCH3 is 1. The van der Waals surface area contributed by atoms with Crippen LogP contribution in [0.2, 0.25) is 5.02 Å². The van der Waals surface area contributed by atoms with Gasteiger partial charge in [-0.2, -0.15) is 5.10 Å². The minimum Gasteiger partial charge on any atom is -0.493 e. The first-order valence-electron chi connectivity index (χ1n) is 9.22. The van der Waals surface area contributed by atoms with Crippen LogP contribution in [0.3, 0.4) is 0 Å². The molecule has 2 rings (SSSR count). The normalized spacial score (nSPS) is 11.8. The SMILES string of the molecule is CC[C@H](C)NC(=O)C(=O)N/N=C\c1cc(I)c(OCc2ccc(Cl)cc2)c(OC)c1. The van der Waals surface area contributed by atoms with Crippen LogP contribution >= 0.6 is 34.2 Å². The summed E-state index contributed by atoms with van der Waals surface area (Å²) < 4.78 is 12.2. The van der Waals surface area contributed by atoms with E-state index in [9.17, 15) is 9.59 Å². The number of hydrogen-bond acceptors (Lipinski definition) is 5. The van der Waals surface area contributed by atoms with Gasteiger partial charge < -0.3 is 14.8 Å². The molecule has 0 heterocycles. The zero-order chi connectivity index (χ0) is 22.1. The van der Waals surface area contributed by atoms with Gasteiger partial charge in [-0.1, -0.05) is 30.7 Å². The van der Waals surface area contributed by atoms with E-state index < -0.39 is 11.8 Å². The minimum atomic E-state index is -0.823. The second-order valence-corrected chi connectivity index (χ2v) is 8.03. The fourth-order valence-corrected chi connectivity index (χ4v) is 3.21. The summed E-state index contributed by atoms with van der Waals surface area (Å²) in [6, 6.07) is 10.9. The number of amides is 2. The topological polar surface area (TPSA) is 89.0 Å². The summed E-state index contributed by atoms with van der Waals surface area (Å²) in [7, 11) is 1.54. The highest BCUT2D eigenvalue weighted by molar-refractivity contribution is 14.1. The van der Waals surface area contributed by atoms with E-state index in [-0.39, 0.29) is 6.04 Å². The maximum Gasteiger partial charge on any atom is 0.329 e. The Morgan fingerprint density at radius 2 is 1.93 bits per heavy atom. The van der Waals surface area contributed by atoms with Crippen molar-refractivity contribution >= 4 is 52.2 Å². The number of ether oxygens (including phenoxy) is 2. The molecule has 2 amide bonds. The van der Waals surface area contributed by atoms with Crippen LogP contribution in [0.4, 0.5) is 0 Å². The lowest BCUT2D eigenvalue weighted by Gasteiger charge is -2.13. The van der Waals surface area contributed by atoms with E-state index in [0.29, 0.717) is 28.7 Å². The molecule has 0 bridgehead atoms. The van der Waals surface area contributed by atoms with Gasteiger partial charge in [-0.05, 0) is 71.3 Å². The van der Waals surface area contributed by atoms with Gasteiger partial charge in [0.15, 0.2) is 11.5 Å². The van der Waals surface area contributed by atoms with Gasteiger partial charge >= 0.3 is 11.8 Å². The summed E-state index contributed by atoms with van der Waals surface area (Å²) >= 11 is 8.04. The predicted molar refractivity (Wildman–Crippen MR) is 125 cm³/mol. The number of halogens is 2. The Hall–Kier alpha value is -2.33. The average Bonchev–Trinajstić information content (AvgIpc) is 2.73. The molecule has 0 unspecified atom stereocenters. The molecular weight excluding hydrogens is 521 g/mol. The van der Waals surface area contributed by atoms with Crippen LogP contribution in [-0.2, 0) is 16.2 Å². The molecule has 160 valence electrons. The van der Waals surface area contributed by atoms with E-state index >= 15 is 0 Å². The lowest BCUT2D eigenvalue weighted by molar-refractivity contribution is -0.139. The summed E-state index contributed by atoms with van der Waals surface area (Å²) in [5, 5.41) is 7.09. The molecule has 1 atom stereocenters. The van der Waals surface area contributed by atoms with Crippen LogP contribution < -0.4 is 20.2 Å². The van der Waals surface area contributed by atoms with Crippen LogP contribution in [0.25, 0.3) is 0 Å². The van der Waals surface area contributed by atoms with Crippen LogP contribution in [0.5, 0.6) is 11.5 Å². The maximum atomic E-state index is 11.8. The third-order valence-corrected chi connectivity index (χ3v) is 5.18. The molecule has 0 radical (unpaired) electrons. The monoisotopic (exact) mass is 543 g/mol. The molecule has 30 heavy (non-hydrogen) atoms. The van der Waals surface area contributed by atoms with Gasteiger partial charge in [0.1, 0.15) is 6.61 Å². The second kappa shape index (κ2) is 11.8. The zero-order valence-corrected chi connectivity index (χ0v) is 19.8. The molecule has 7 nitrogen and oxygen atoms in total. The highest BCUT2D eigenvalue weighted by atomic mass is 127. The summed E-state index contributed by atoms with van der Waals surface area (Å²) in [5.41, 5.74) is 3.87. The van der Waals surface area contributed by atoms with Crippen molar-refractivity contribution in [2.24, 2.45) is 5.10 Å². The lowest BCUT2D eigenvalue weighted by Crippen LogP contribution is -2.41. The molecule has 2 aromatic rings. The number of nitrogens with zero attached hydrogens (tertiary/aromatic N) is 1. The largest absolute Gasteiger partial charge is 0.493 e. The van der Waals surface area contributed by atoms with Gasteiger partial charge in [0.05, 0.1) is 16.9 Å². The number of hydrazone groups is 1. The van der Waals surface area contributed by atoms with Crippen molar-refractivity contribution in [3.63, 3.8) is 0 Å². The van der Waals surface area contributed by atoms with E-state index in [1.807, 2.05) is 32.0 Å². The fourth-order valence-electron chi connectivity index (χ4n) is 2.30. The number of nitrogens with one attached hydrogen (secondary N) is 2. The highest BCUT2D eigenvalue weighted by Gasteiger charge is 2.15. The number of carbonyl (C=O) groups excluding carboxylic acids is 2. The second-order valence-electron chi connectivity index (χ2n) is 6.43. The van der Waals surface area contributed by atoms with Gasteiger partial charge in [-0.15, -0.1) is 0 Å². The van der Waals surface area contributed by atoms with Crippen LogP contribution in [-0.4, -0.2) is 31.2 Å². The van der Waals surface area contributed by atoms with E-state index in [0.717, 1.165) is 15.6 Å². The highest BCUT2D eigenvalue weighted by Crippen LogP contribution is 2.34. The van der Waals surface area contributed by atoms with Crippen molar-refractivity contribution in [1.82, 2.24) is 10.7 Å². The molecule has 0 aliphatic rings. The molecule has 0 aliphatic carbocycles. The number of carbonyl (C=O) groups is 2. The minimum absolute atomic E-state index is 0.0847. The molecule has 0 aliphatic heterocycles. The summed E-state index contributed by atoms with van der Waals surface area (Å²) in [6.45, 7) is 4.09. The Labute approximate surface area is 194 Å². The maximum absolute atomic E-state index is 11.8. The first-order valence-corrected chi connectivity index (χ1v) is 10.7. The van der Waals surface area contributed by atoms with E-state index in [1.54, 1.807) is 25.3 Å². The van der Waals surface area contributed by atoms with Crippen molar-refractivity contribution < 1.29 is 19.1 Å². The van der Waals surface area contributed by atoms with Crippen molar-refractivity contribution in [3.05, 3.63) is 56.1 Å². The van der Waals surface area contributed by atoms with E-state index in [2.05, 4.69) is 38.4 Å². The third-order valence-electron chi connectivity index (χ3n) is 4.12. The molecule has 9 heteroatoms. The molecule has 0 saturated carbocycles. The lowest BCUT2D eigenvalue weighted by atomic mass is 10.2. The van der Waals surface area contributed by atoms with Gasteiger partial charge in [0.2, 0.25) is 0 Å².